The zero-order valence-electron chi connectivity index (χ0n) is 10.8. The molecule has 1 aliphatic carbocycles. The van der Waals surface area contributed by atoms with Crippen molar-refractivity contribution in [2.75, 3.05) is 20.1 Å². The molecule has 0 aromatic heterocycles. The molecule has 15 heavy (non-hydrogen) atoms. The van der Waals surface area contributed by atoms with Gasteiger partial charge < -0.3 is 10.2 Å². The molecule has 1 fully saturated rings. The van der Waals surface area contributed by atoms with Crippen molar-refractivity contribution in [2.24, 2.45) is 0 Å². The fourth-order valence-corrected chi connectivity index (χ4v) is 1.84. The van der Waals surface area contributed by atoms with Gasteiger partial charge in [0.05, 0.1) is 0 Å². The summed E-state index contributed by atoms with van der Waals surface area (Å²) in [7, 11) is 2.26. The van der Waals surface area contributed by atoms with E-state index in [1.807, 2.05) is 0 Å². The van der Waals surface area contributed by atoms with Crippen molar-refractivity contribution in [3.63, 3.8) is 0 Å². The van der Waals surface area contributed by atoms with Crippen molar-refractivity contribution in [2.45, 2.75) is 64.5 Å². The van der Waals surface area contributed by atoms with E-state index in [9.17, 15) is 0 Å². The standard InChI is InChI=1S/C13H28N2/c1-4-5-11-15(3)12(2)7-6-10-14-13-8-9-13/h12-14H,4-11H2,1-3H3. The first-order chi connectivity index (χ1) is 7.24. The Kier molecular flexibility index (Phi) is 6.26. The van der Waals surface area contributed by atoms with Crippen LogP contribution in [0, 0.1) is 0 Å². The van der Waals surface area contributed by atoms with Crippen LogP contribution in [0.1, 0.15) is 52.4 Å². The third-order valence-electron chi connectivity index (χ3n) is 3.43. The van der Waals surface area contributed by atoms with Crippen molar-refractivity contribution < 1.29 is 0 Å². The lowest BCUT2D eigenvalue weighted by molar-refractivity contribution is 0.239. The van der Waals surface area contributed by atoms with E-state index in [1.54, 1.807) is 0 Å². The van der Waals surface area contributed by atoms with Crippen LogP contribution in [-0.2, 0) is 0 Å². The monoisotopic (exact) mass is 212 g/mol. The van der Waals surface area contributed by atoms with Gasteiger partial charge in [0.2, 0.25) is 0 Å². The summed E-state index contributed by atoms with van der Waals surface area (Å²) >= 11 is 0. The molecule has 0 amide bonds. The number of hydrogen-bond acceptors (Lipinski definition) is 2. The first kappa shape index (κ1) is 13.0. The molecular formula is C13H28N2. The minimum absolute atomic E-state index is 0.748. The molecular weight excluding hydrogens is 184 g/mol. The number of nitrogens with one attached hydrogen (secondary N) is 1. The van der Waals surface area contributed by atoms with Crippen LogP contribution in [0.5, 0.6) is 0 Å². The van der Waals surface area contributed by atoms with Crippen molar-refractivity contribution >= 4 is 0 Å². The average molecular weight is 212 g/mol. The van der Waals surface area contributed by atoms with Crippen LogP contribution in [0.25, 0.3) is 0 Å². The molecule has 0 aromatic carbocycles. The molecule has 90 valence electrons. The molecule has 0 radical (unpaired) electrons. The zero-order chi connectivity index (χ0) is 11.1. The van der Waals surface area contributed by atoms with E-state index >= 15 is 0 Å². The maximum Gasteiger partial charge on any atom is 0.00682 e. The van der Waals surface area contributed by atoms with Crippen LogP contribution < -0.4 is 5.32 Å². The lowest BCUT2D eigenvalue weighted by Gasteiger charge is -2.24. The highest BCUT2D eigenvalue weighted by Crippen LogP contribution is 2.18. The normalized spacial score (nSPS) is 18.4. The topological polar surface area (TPSA) is 15.3 Å². The predicted molar refractivity (Wildman–Crippen MR) is 67.3 cm³/mol. The molecule has 0 bridgehead atoms. The van der Waals surface area contributed by atoms with Gasteiger partial charge in [-0.1, -0.05) is 13.3 Å². The minimum atomic E-state index is 0.748. The molecule has 2 nitrogen and oxygen atoms in total. The van der Waals surface area contributed by atoms with Crippen LogP contribution in [-0.4, -0.2) is 37.1 Å². The fraction of sp³-hybridized carbons (Fsp3) is 1.00. The molecule has 2 heteroatoms. The Hall–Kier alpha value is -0.0800. The Bertz CT molecular complexity index is 155. The van der Waals surface area contributed by atoms with Gasteiger partial charge in [0.1, 0.15) is 0 Å². The van der Waals surface area contributed by atoms with Crippen molar-refractivity contribution in [3.8, 4) is 0 Å². The van der Waals surface area contributed by atoms with Crippen LogP contribution in [0.3, 0.4) is 0 Å². The summed E-state index contributed by atoms with van der Waals surface area (Å²) in [5.41, 5.74) is 0. The number of unbranched alkanes of at least 4 members (excludes halogenated alkanes) is 1. The van der Waals surface area contributed by atoms with E-state index < -0.39 is 0 Å². The second-order valence-electron chi connectivity index (χ2n) is 5.05. The summed E-state index contributed by atoms with van der Waals surface area (Å²) in [6.45, 7) is 7.09. The van der Waals surface area contributed by atoms with E-state index in [0.717, 1.165) is 12.1 Å². The van der Waals surface area contributed by atoms with Gasteiger partial charge in [-0.3, -0.25) is 0 Å². The van der Waals surface area contributed by atoms with Crippen LogP contribution in [0.15, 0.2) is 0 Å². The van der Waals surface area contributed by atoms with Gasteiger partial charge in [-0.05, 0) is 59.2 Å². The Morgan fingerprint density at radius 1 is 1.33 bits per heavy atom. The van der Waals surface area contributed by atoms with E-state index in [-0.39, 0.29) is 0 Å². The van der Waals surface area contributed by atoms with E-state index in [2.05, 4.69) is 31.1 Å². The van der Waals surface area contributed by atoms with Gasteiger partial charge in [0.15, 0.2) is 0 Å². The smallest absolute Gasteiger partial charge is 0.00682 e. The molecule has 0 spiro atoms. The Labute approximate surface area is 95.4 Å². The fourth-order valence-electron chi connectivity index (χ4n) is 1.84. The molecule has 0 saturated heterocycles. The summed E-state index contributed by atoms with van der Waals surface area (Å²) in [5.74, 6) is 0. The van der Waals surface area contributed by atoms with E-state index in [0.29, 0.717) is 0 Å². The van der Waals surface area contributed by atoms with E-state index in [1.165, 1.54) is 51.6 Å². The van der Waals surface area contributed by atoms with E-state index in [4.69, 9.17) is 0 Å². The quantitative estimate of drug-likeness (QED) is 0.591. The largest absolute Gasteiger partial charge is 0.314 e. The van der Waals surface area contributed by atoms with Crippen molar-refractivity contribution in [1.29, 1.82) is 0 Å². The molecule has 1 saturated carbocycles. The summed E-state index contributed by atoms with van der Waals surface area (Å²) in [6, 6.07) is 1.62. The lowest BCUT2D eigenvalue weighted by atomic mass is 10.1. The average Bonchev–Trinajstić information content (AvgIpc) is 3.04. The lowest BCUT2D eigenvalue weighted by Crippen LogP contribution is -2.31. The van der Waals surface area contributed by atoms with Gasteiger partial charge in [-0.2, -0.15) is 0 Å². The molecule has 1 atom stereocenters. The molecule has 1 N–H and O–H groups in total. The highest BCUT2D eigenvalue weighted by Gasteiger charge is 2.19. The maximum atomic E-state index is 3.58. The molecule has 0 aromatic rings. The number of nitrogens with zero attached hydrogens (tertiary/aromatic N) is 1. The Balaban J connectivity index is 1.92. The minimum Gasteiger partial charge on any atom is -0.314 e. The van der Waals surface area contributed by atoms with Crippen LogP contribution >= 0.6 is 0 Å². The van der Waals surface area contributed by atoms with Gasteiger partial charge in [0, 0.05) is 12.1 Å². The third-order valence-corrected chi connectivity index (χ3v) is 3.43. The van der Waals surface area contributed by atoms with Crippen LogP contribution in [0.4, 0.5) is 0 Å². The molecule has 1 rings (SSSR count). The van der Waals surface area contributed by atoms with Gasteiger partial charge >= 0.3 is 0 Å². The van der Waals surface area contributed by atoms with Gasteiger partial charge in [0.25, 0.3) is 0 Å². The number of hydrogen-bond donors (Lipinski definition) is 1. The summed E-state index contributed by atoms with van der Waals surface area (Å²) in [6.07, 6.45) is 8.12. The Morgan fingerprint density at radius 2 is 2.07 bits per heavy atom. The first-order valence-corrected chi connectivity index (χ1v) is 6.67. The van der Waals surface area contributed by atoms with Crippen LogP contribution in [0.2, 0.25) is 0 Å². The SMILES string of the molecule is CCCCN(C)C(C)CCCNC1CC1. The maximum absolute atomic E-state index is 3.58. The van der Waals surface area contributed by atoms with Gasteiger partial charge in [-0.15, -0.1) is 0 Å². The zero-order valence-corrected chi connectivity index (χ0v) is 10.8. The third kappa shape index (κ3) is 6.16. The molecule has 0 aliphatic heterocycles. The predicted octanol–water partition coefficient (Wildman–Crippen LogP) is 2.64. The molecule has 1 unspecified atom stereocenters. The van der Waals surface area contributed by atoms with Gasteiger partial charge in [-0.25, -0.2) is 0 Å². The highest BCUT2D eigenvalue weighted by atomic mass is 15.1. The summed E-state index contributed by atoms with van der Waals surface area (Å²) in [4.78, 5) is 2.50. The second-order valence-corrected chi connectivity index (χ2v) is 5.05. The molecule has 1 aliphatic rings. The molecule has 0 heterocycles. The van der Waals surface area contributed by atoms with Crippen molar-refractivity contribution in [3.05, 3.63) is 0 Å². The summed E-state index contributed by atoms with van der Waals surface area (Å²) in [5, 5.41) is 3.58. The summed E-state index contributed by atoms with van der Waals surface area (Å²) < 4.78 is 0. The second kappa shape index (κ2) is 7.24. The highest BCUT2D eigenvalue weighted by molar-refractivity contribution is 4.80. The van der Waals surface area contributed by atoms with Crippen molar-refractivity contribution in [1.82, 2.24) is 10.2 Å². The Morgan fingerprint density at radius 3 is 2.67 bits per heavy atom. The number of rotatable bonds is 9. The first-order valence-electron chi connectivity index (χ1n) is 6.67.